The lowest BCUT2D eigenvalue weighted by molar-refractivity contribution is -0.149. The van der Waals surface area contributed by atoms with Crippen molar-refractivity contribution >= 4 is 17.8 Å². The van der Waals surface area contributed by atoms with Crippen molar-refractivity contribution in [2.24, 2.45) is 0 Å². The quantitative estimate of drug-likeness (QED) is 0.705. The number of rotatable bonds is 8. The minimum Gasteiger partial charge on any atom is -0.493 e. The molecular weight excluding hydrogens is 300 g/mol. The average Bonchev–Trinajstić information content (AvgIpc) is 2.50. The smallest absolute Gasteiger partial charge is 0.309 e. The highest BCUT2D eigenvalue weighted by Crippen LogP contribution is 2.12. The molecule has 0 fully saturated rings. The number of amides is 2. The summed E-state index contributed by atoms with van der Waals surface area (Å²) in [7, 11) is 3.17. The van der Waals surface area contributed by atoms with Gasteiger partial charge in [0.05, 0.1) is 19.6 Å². The van der Waals surface area contributed by atoms with E-state index in [-0.39, 0.29) is 25.5 Å². The van der Waals surface area contributed by atoms with Gasteiger partial charge in [-0.2, -0.15) is 0 Å². The topological polar surface area (TPSA) is 84.9 Å². The van der Waals surface area contributed by atoms with Crippen LogP contribution in [0, 0.1) is 6.92 Å². The van der Waals surface area contributed by atoms with Gasteiger partial charge in [-0.25, -0.2) is 0 Å². The minimum absolute atomic E-state index is 0.0395. The molecule has 0 spiro atoms. The summed E-state index contributed by atoms with van der Waals surface area (Å²) < 4.78 is 10.2. The predicted octanol–water partition coefficient (Wildman–Crippen LogP) is 0.512. The Morgan fingerprint density at radius 1 is 1.22 bits per heavy atom. The molecule has 1 rings (SSSR count). The molecule has 0 saturated carbocycles. The molecule has 0 aromatic heterocycles. The number of ether oxygens (including phenoxy) is 2. The Kier molecular flexibility index (Phi) is 7.59. The Bertz CT molecular complexity index is 557. The van der Waals surface area contributed by atoms with Crippen LogP contribution in [0.4, 0.5) is 0 Å². The fourth-order valence-electron chi connectivity index (χ4n) is 1.56. The molecule has 7 heteroatoms. The van der Waals surface area contributed by atoms with Gasteiger partial charge in [0.1, 0.15) is 5.75 Å². The van der Waals surface area contributed by atoms with Crippen LogP contribution >= 0.6 is 0 Å². The van der Waals surface area contributed by atoms with E-state index in [9.17, 15) is 14.4 Å². The molecule has 1 aromatic carbocycles. The number of hydrogen-bond donors (Lipinski definition) is 1. The summed E-state index contributed by atoms with van der Waals surface area (Å²) in [5.74, 6) is -0.617. The van der Waals surface area contributed by atoms with Crippen LogP contribution in [0.3, 0.4) is 0 Å². The molecule has 0 radical (unpaired) electrons. The lowest BCUT2D eigenvalue weighted by Gasteiger charge is -2.11. The number of hydrogen-bond acceptors (Lipinski definition) is 5. The van der Waals surface area contributed by atoms with Gasteiger partial charge >= 0.3 is 5.97 Å². The number of esters is 1. The van der Waals surface area contributed by atoms with Gasteiger partial charge in [-0.15, -0.1) is 0 Å². The molecule has 1 aromatic rings. The minimum atomic E-state index is -0.535. The monoisotopic (exact) mass is 322 g/mol. The molecule has 0 aliphatic heterocycles. The molecule has 0 unspecified atom stereocenters. The van der Waals surface area contributed by atoms with Crippen LogP contribution in [-0.2, 0) is 19.1 Å². The van der Waals surface area contributed by atoms with Gasteiger partial charge in [0.15, 0.2) is 6.61 Å². The number of nitrogens with zero attached hydrogens (tertiary/aromatic N) is 1. The first-order chi connectivity index (χ1) is 10.9. The number of aryl methyl sites for hydroxylation is 1. The summed E-state index contributed by atoms with van der Waals surface area (Å²) in [5, 5.41) is 2.37. The maximum Gasteiger partial charge on any atom is 0.309 e. The van der Waals surface area contributed by atoms with Crippen molar-refractivity contribution in [3.63, 3.8) is 0 Å². The summed E-state index contributed by atoms with van der Waals surface area (Å²) in [6.45, 7) is 1.58. The van der Waals surface area contributed by atoms with Crippen LogP contribution < -0.4 is 10.1 Å². The Balaban J connectivity index is 2.16. The summed E-state index contributed by atoms with van der Waals surface area (Å²) in [6, 6.07) is 7.47. The standard InChI is InChI=1S/C16H22N2O5/c1-12-5-4-6-13(9-12)22-8-7-16(21)23-11-14(19)17-10-15(20)18(2)3/h4-6,9H,7-8,10-11H2,1-3H3,(H,17,19). The molecule has 2 amide bonds. The van der Waals surface area contributed by atoms with Gasteiger partial charge < -0.3 is 19.7 Å². The summed E-state index contributed by atoms with van der Waals surface area (Å²) in [4.78, 5) is 35.5. The molecule has 0 atom stereocenters. The van der Waals surface area contributed by atoms with E-state index in [1.54, 1.807) is 20.2 Å². The Hall–Kier alpha value is -2.57. The van der Waals surface area contributed by atoms with Gasteiger partial charge in [0, 0.05) is 14.1 Å². The van der Waals surface area contributed by atoms with E-state index in [2.05, 4.69) is 5.32 Å². The molecule has 0 aliphatic rings. The number of nitrogens with one attached hydrogen (secondary N) is 1. The zero-order chi connectivity index (χ0) is 17.2. The highest BCUT2D eigenvalue weighted by atomic mass is 16.5. The second kappa shape index (κ2) is 9.45. The van der Waals surface area contributed by atoms with Crippen LogP contribution in [-0.4, -0.2) is 56.5 Å². The first-order valence-electron chi connectivity index (χ1n) is 7.20. The summed E-state index contributed by atoms with van der Waals surface area (Å²) >= 11 is 0. The third-order valence-electron chi connectivity index (χ3n) is 2.86. The van der Waals surface area contributed by atoms with Crippen molar-refractivity contribution in [3.8, 4) is 5.75 Å². The van der Waals surface area contributed by atoms with E-state index in [0.717, 1.165) is 5.56 Å². The fraction of sp³-hybridized carbons (Fsp3) is 0.438. The third kappa shape index (κ3) is 7.85. The van der Waals surface area contributed by atoms with Crippen molar-refractivity contribution in [1.29, 1.82) is 0 Å². The number of likely N-dealkylation sites (N-methyl/N-ethyl adjacent to an activating group) is 1. The SMILES string of the molecule is Cc1cccc(OCCC(=O)OCC(=O)NCC(=O)N(C)C)c1. The van der Waals surface area contributed by atoms with Crippen molar-refractivity contribution < 1.29 is 23.9 Å². The lowest BCUT2D eigenvalue weighted by Crippen LogP contribution is -2.38. The number of benzene rings is 1. The highest BCUT2D eigenvalue weighted by Gasteiger charge is 2.10. The molecule has 23 heavy (non-hydrogen) atoms. The molecular formula is C16H22N2O5. The van der Waals surface area contributed by atoms with Gasteiger partial charge in [-0.1, -0.05) is 12.1 Å². The van der Waals surface area contributed by atoms with Crippen LogP contribution in [0.5, 0.6) is 5.75 Å². The van der Waals surface area contributed by atoms with E-state index in [1.807, 2.05) is 25.1 Å². The molecule has 0 aliphatic carbocycles. The molecule has 0 heterocycles. The summed E-state index contributed by atoms with van der Waals surface area (Å²) in [5.41, 5.74) is 1.06. The van der Waals surface area contributed by atoms with Gasteiger partial charge in [0.2, 0.25) is 5.91 Å². The van der Waals surface area contributed by atoms with Gasteiger partial charge in [-0.3, -0.25) is 14.4 Å². The molecule has 126 valence electrons. The van der Waals surface area contributed by atoms with Crippen molar-refractivity contribution in [3.05, 3.63) is 29.8 Å². The third-order valence-corrected chi connectivity index (χ3v) is 2.86. The maximum absolute atomic E-state index is 11.5. The Morgan fingerprint density at radius 2 is 1.96 bits per heavy atom. The van der Waals surface area contributed by atoms with E-state index in [0.29, 0.717) is 5.75 Å². The zero-order valence-corrected chi connectivity index (χ0v) is 13.6. The Labute approximate surface area is 135 Å². The second-order valence-corrected chi connectivity index (χ2v) is 5.14. The van der Waals surface area contributed by atoms with Gasteiger partial charge in [-0.05, 0) is 24.6 Å². The first-order valence-corrected chi connectivity index (χ1v) is 7.20. The fourth-order valence-corrected chi connectivity index (χ4v) is 1.56. The van der Waals surface area contributed by atoms with Crippen LogP contribution in [0.1, 0.15) is 12.0 Å². The first kappa shape index (κ1) is 18.5. The van der Waals surface area contributed by atoms with E-state index < -0.39 is 18.5 Å². The van der Waals surface area contributed by atoms with Gasteiger partial charge in [0.25, 0.3) is 5.91 Å². The highest BCUT2D eigenvalue weighted by molar-refractivity contribution is 5.86. The van der Waals surface area contributed by atoms with Crippen LogP contribution in [0.25, 0.3) is 0 Å². The average molecular weight is 322 g/mol. The number of carbonyl (C=O) groups excluding carboxylic acids is 3. The Morgan fingerprint density at radius 3 is 2.61 bits per heavy atom. The zero-order valence-electron chi connectivity index (χ0n) is 13.6. The lowest BCUT2D eigenvalue weighted by atomic mass is 10.2. The van der Waals surface area contributed by atoms with E-state index in [4.69, 9.17) is 9.47 Å². The molecule has 0 bridgehead atoms. The summed E-state index contributed by atoms with van der Waals surface area (Å²) in [6.07, 6.45) is 0.0395. The maximum atomic E-state index is 11.5. The second-order valence-electron chi connectivity index (χ2n) is 5.14. The van der Waals surface area contributed by atoms with Crippen LogP contribution in [0.2, 0.25) is 0 Å². The van der Waals surface area contributed by atoms with Crippen molar-refractivity contribution in [2.75, 3.05) is 33.9 Å². The predicted molar refractivity (Wildman–Crippen MR) is 84.0 cm³/mol. The van der Waals surface area contributed by atoms with E-state index in [1.165, 1.54) is 4.90 Å². The van der Waals surface area contributed by atoms with Crippen molar-refractivity contribution in [1.82, 2.24) is 10.2 Å². The van der Waals surface area contributed by atoms with E-state index >= 15 is 0 Å². The normalized spacial score (nSPS) is 9.87. The van der Waals surface area contributed by atoms with Crippen molar-refractivity contribution in [2.45, 2.75) is 13.3 Å². The molecule has 0 saturated heterocycles. The van der Waals surface area contributed by atoms with Crippen LogP contribution in [0.15, 0.2) is 24.3 Å². The molecule has 1 N–H and O–H groups in total. The number of carbonyl (C=O) groups is 3. The largest absolute Gasteiger partial charge is 0.493 e. The molecule has 7 nitrogen and oxygen atoms in total.